The average molecular weight is 270 g/mol. The maximum Gasteiger partial charge on any atom is 1.00 e. The van der Waals surface area contributed by atoms with Gasteiger partial charge in [-0.05, 0) is 5.92 Å². The first kappa shape index (κ1) is 19.9. The second-order valence-corrected chi connectivity index (χ2v) is 4.52. The molecule has 2 N–H and O–H groups in total. The third-order valence-electron chi connectivity index (χ3n) is 2.70. The molecule has 96 valence electrons. The zero-order chi connectivity index (χ0) is 12.6. The van der Waals surface area contributed by atoms with Crippen LogP contribution in [0.4, 0.5) is 0 Å². The minimum Gasteiger partial charge on any atom is -1.00 e. The van der Waals surface area contributed by atoms with Gasteiger partial charge in [0.05, 0.1) is 0 Å². The third kappa shape index (κ3) is 10.2. The smallest absolute Gasteiger partial charge is 1.00 e. The molecule has 0 aromatic heterocycles. The van der Waals surface area contributed by atoms with Crippen LogP contribution in [-0.4, -0.2) is 22.2 Å². The second kappa shape index (κ2) is 11.7. The predicted molar refractivity (Wildman–Crippen MR) is 62.4 cm³/mol. The van der Waals surface area contributed by atoms with E-state index in [0.29, 0.717) is 0 Å². The van der Waals surface area contributed by atoms with Gasteiger partial charge in [0.1, 0.15) is 0 Å². The molecule has 0 unspecified atom stereocenters. The van der Waals surface area contributed by atoms with Crippen molar-refractivity contribution in [3.05, 3.63) is 0 Å². The maximum absolute atomic E-state index is 10.2. The Balaban J connectivity index is -0.000000244. The van der Waals surface area contributed by atoms with Gasteiger partial charge in [-0.3, -0.25) is 9.59 Å². The summed E-state index contributed by atoms with van der Waals surface area (Å²) in [4.78, 5) is 20.4. The van der Waals surface area contributed by atoms with Gasteiger partial charge < -0.3 is 11.6 Å². The van der Waals surface area contributed by atoms with E-state index in [0.717, 1.165) is 0 Å². The number of hydrogen-bond acceptors (Lipinski definition) is 2. The summed E-state index contributed by atoms with van der Waals surface area (Å²) in [7, 11) is 0. The van der Waals surface area contributed by atoms with Gasteiger partial charge >= 0.3 is 63.3 Å². The van der Waals surface area contributed by atoms with Crippen molar-refractivity contribution in [3.8, 4) is 0 Å². The van der Waals surface area contributed by atoms with Crippen LogP contribution in [0, 0.1) is 11.8 Å². The van der Waals surface area contributed by atoms with Gasteiger partial charge in [0, 0.05) is 0 Å². The first-order valence-electron chi connectivity index (χ1n) is 5.92. The largest absolute Gasteiger partial charge is 1.00 e. The minimum absolute atomic E-state index is 0. The minimum atomic E-state index is -1.28. The molecule has 0 aliphatic heterocycles. The first-order valence-corrected chi connectivity index (χ1v) is 5.92. The molecule has 0 bridgehead atoms. The molecule has 1 fully saturated rings. The molecule has 0 heterocycles. The summed E-state index contributed by atoms with van der Waals surface area (Å²) >= 11 is 0. The summed E-state index contributed by atoms with van der Waals surface area (Å²) in [5.74, 6) is -4.19. The van der Waals surface area contributed by atoms with Crippen LogP contribution < -0.4 is 51.4 Å². The van der Waals surface area contributed by atoms with Crippen LogP contribution in [0.25, 0.3) is 0 Å². The van der Waals surface area contributed by atoms with E-state index in [1.165, 1.54) is 38.5 Å². The van der Waals surface area contributed by atoms with Gasteiger partial charge in [-0.1, -0.05) is 52.4 Å². The number of carboxylic acid groups (broad SMARTS) is 2. The van der Waals surface area contributed by atoms with E-state index in [9.17, 15) is 9.59 Å². The van der Waals surface area contributed by atoms with Crippen molar-refractivity contribution in [2.45, 2.75) is 52.4 Å². The van der Waals surface area contributed by atoms with E-state index >= 15 is 0 Å². The van der Waals surface area contributed by atoms with Crippen molar-refractivity contribution < 1.29 is 72.6 Å². The summed E-state index contributed by atoms with van der Waals surface area (Å²) < 4.78 is 0. The third-order valence-corrected chi connectivity index (χ3v) is 2.70. The summed E-state index contributed by atoms with van der Waals surface area (Å²) in [5, 5.41) is 16.7. The zero-order valence-electron chi connectivity index (χ0n) is 12.1. The summed E-state index contributed by atoms with van der Waals surface area (Å²) in [6.07, 6.45) is 9.00. The average Bonchev–Trinajstić information content (AvgIpc) is 2.19. The Bertz CT molecular complexity index is 205. The van der Waals surface area contributed by atoms with E-state index in [1.807, 2.05) is 0 Å². The van der Waals surface area contributed by atoms with Gasteiger partial charge in [-0.2, -0.15) is 0 Å². The van der Waals surface area contributed by atoms with Crippen LogP contribution in [0.15, 0.2) is 0 Å². The number of carbonyl (C=O) groups is 2. The molecule has 17 heavy (non-hydrogen) atoms. The summed E-state index contributed by atoms with van der Waals surface area (Å²) in [5.41, 5.74) is 0. The fourth-order valence-electron chi connectivity index (χ4n) is 1.74. The molecule has 0 radical (unpaired) electrons. The molecule has 0 aromatic rings. The molecular formula is C12H23KO4. The Labute approximate surface area is 147 Å². The molecule has 0 saturated heterocycles. The van der Waals surface area contributed by atoms with Crippen molar-refractivity contribution in [2.24, 2.45) is 11.8 Å². The van der Waals surface area contributed by atoms with E-state index in [2.05, 4.69) is 0 Å². The van der Waals surface area contributed by atoms with Crippen molar-refractivity contribution in [1.29, 1.82) is 0 Å². The Morgan fingerprint density at radius 3 is 1.18 bits per heavy atom. The van der Waals surface area contributed by atoms with Gasteiger partial charge in [-0.15, -0.1) is 0 Å². The molecule has 0 aromatic carbocycles. The Morgan fingerprint density at radius 2 is 1.12 bits per heavy atom. The van der Waals surface area contributed by atoms with Crippen LogP contribution in [-0.2, 0) is 9.59 Å². The predicted octanol–water partition coefficient (Wildman–Crippen LogP) is -0.115. The molecule has 1 aliphatic rings. The first-order chi connectivity index (χ1) is 7.46. The van der Waals surface area contributed by atoms with Crippen molar-refractivity contribution in [2.75, 3.05) is 0 Å². The fraction of sp³-hybridized carbons (Fsp3) is 0.833. The molecule has 1 saturated carbocycles. The molecule has 0 atom stereocenters. The van der Waals surface area contributed by atoms with E-state index in [1.54, 1.807) is 13.8 Å². The number of rotatable bonds is 3. The SMILES string of the molecule is C1CCCCC1.CC(C)C(C(=O)O)C(=O)O.[H-].[K+]. The summed E-state index contributed by atoms with van der Waals surface area (Å²) in [6.45, 7) is 3.12. The zero-order valence-corrected chi connectivity index (χ0v) is 14.2. The van der Waals surface area contributed by atoms with Crippen LogP contribution in [0.3, 0.4) is 0 Å². The van der Waals surface area contributed by atoms with E-state index < -0.39 is 17.9 Å². The Morgan fingerprint density at radius 1 is 0.882 bits per heavy atom. The van der Waals surface area contributed by atoms with Gasteiger partial charge in [0.15, 0.2) is 5.92 Å². The van der Waals surface area contributed by atoms with Crippen LogP contribution in [0.1, 0.15) is 53.8 Å². The Kier molecular flexibility index (Phi) is 13.6. The number of aliphatic carboxylic acids is 2. The molecule has 4 nitrogen and oxygen atoms in total. The number of carboxylic acids is 2. The maximum atomic E-state index is 10.2. The molecular weight excluding hydrogens is 247 g/mol. The van der Waals surface area contributed by atoms with Crippen molar-refractivity contribution in [3.63, 3.8) is 0 Å². The van der Waals surface area contributed by atoms with Crippen molar-refractivity contribution in [1.82, 2.24) is 0 Å². The molecule has 5 heteroatoms. The standard InChI is InChI=1S/C6H10O4.C6H12.K.H/c1-3(2)4(5(7)8)6(9)10;1-2-4-6-5-3-1;;/h3-4H,1-2H3,(H,7,8)(H,9,10);1-6H2;;/q;;+1;-1. The van der Waals surface area contributed by atoms with E-state index in [-0.39, 0.29) is 58.7 Å². The quantitative estimate of drug-likeness (QED) is 0.554. The fourth-order valence-corrected chi connectivity index (χ4v) is 1.74. The molecule has 1 rings (SSSR count). The summed E-state index contributed by atoms with van der Waals surface area (Å²) in [6, 6.07) is 0. The van der Waals surface area contributed by atoms with Crippen LogP contribution >= 0.6 is 0 Å². The monoisotopic (exact) mass is 270 g/mol. The van der Waals surface area contributed by atoms with Gasteiger partial charge in [-0.25, -0.2) is 0 Å². The second-order valence-electron chi connectivity index (χ2n) is 4.52. The topological polar surface area (TPSA) is 74.6 Å². The van der Waals surface area contributed by atoms with Crippen molar-refractivity contribution >= 4 is 11.9 Å². The van der Waals surface area contributed by atoms with Crippen LogP contribution in [0.2, 0.25) is 0 Å². The normalized spacial score (nSPS) is 14.6. The van der Waals surface area contributed by atoms with Crippen LogP contribution in [0.5, 0.6) is 0 Å². The Hall–Kier alpha value is 0.576. The molecule has 0 amide bonds. The number of hydrogen-bond donors (Lipinski definition) is 2. The van der Waals surface area contributed by atoms with E-state index in [4.69, 9.17) is 10.2 Å². The molecule has 1 aliphatic carbocycles. The van der Waals surface area contributed by atoms with Gasteiger partial charge in [0.2, 0.25) is 0 Å². The van der Waals surface area contributed by atoms with Gasteiger partial charge in [0.25, 0.3) is 0 Å². The molecule has 0 spiro atoms.